The number of likely N-dealkylation sites (tertiary alicyclic amines) is 1. The number of rotatable bonds is 4. The van der Waals surface area contributed by atoms with Gasteiger partial charge in [0.15, 0.2) is 0 Å². The number of aromatic nitrogens is 2. The summed E-state index contributed by atoms with van der Waals surface area (Å²) in [5.41, 5.74) is 3.17. The van der Waals surface area contributed by atoms with Crippen molar-refractivity contribution in [1.29, 1.82) is 0 Å². The van der Waals surface area contributed by atoms with E-state index in [4.69, 9.17) is 4.74 Å². The summed E-state index contributed by atoms with van der Waals surface area (Å²) in [6.45, 7) is 6.57. The minimum atomic E-state index is -0.459. The molecular formula is C19H25N3O2. The monoisotopic (exact) mass is 327 g/mol. The van der Waals surface area contributed by atoms with Crippen molar-refractivity contribution < 1.29 is 9.84 Å². The van der Waals surface area contributed by atoms with E-state index in [1.54, 1.807) is 6.20 Å². The van der Waals surface area contributed by atoms with Gasteiger partial charge in [0, 0.05) is 32.0 Å². The van der Waals surface area contributed by atoms with Crippen molar-refractivity contribution >= 4 is 0 Å². The first kappa shape index (κ1) is 16.9. The molecule has 3 rings (SSSR count). The summed E-state index contributed by atoms with van der Waals surface area (Å²) in [6, 6.07) is 7.83. The molecule has 128 valence electrons. The Morgan fingerprint density at radius 2 is 1.88 bits per heavy atom. The van der Waals surface area contributed by atoms with E-state index in [1.165, 1.54) is 5.56 Å². The predicted octanol–water partition coefficient (Wildman–Crippen LogP) is 2.50. The fourth-order valence-electron chi connectivity index (χ4n) is 3.06. The van der Waals surface area contributed by atoms with Crippen LogP contribution in [0.3, 0.4) is 0 Å². The molecule has 0 amide bonds. The second-order valence-electron chi connectivity index (χ2n) is 6.43. The quantitative estimate of drug-likeness (QED) is 0.935. The summed E-state index contributed by atoms with van der Waals surface area (Å²) < 4.78 is 6.05. The van der Waals surface area contributed by atoms with E-state index in [0.29, 0.717) is 6.42 Å². The summed E-state index contributed by atoms with van der Waals surface area (Å²) in [6.07, 6.45) is 4.44. The Balaban J connectivity index is 1.63. The third-order valence-corrected chi connectivity index (χ3v) is 4.63. The molecular weight excluding hydrogens is 302 g/mol. The van der Waals surface area contributed by atoms with Crippen LogP contribution in [0.1, 0.15) is 29.8 Å². The van der Waals surface area contributed by atoms with E-state index < -0.39 is 6.10 Å². The van der Waals surface area contributed by atoms with Crippen LogP contribution in [0.4, 0.5) is 0 Å². The smallest absolute Gasteiger partial charge is 0.141 e. The first-order valence-corrected chi connectivity index (χ1v) is 8.52. The molecule has 0 spiro atoms. The van der Waals surface area contributed by atoms with Crippen LogP contribution in [-0.4, -0.2) is 45.3 Å². The van der Waals surface area contributed by atoms with Crippen molar-refractivity contribution in [1.82, 2.24) is 14.9 Å². The van der Waals surface area contributed by atoms with Crippen LogP contribution in [0.5, 0.6) is 5.75 Å². The minimum absolute atomic E-state index is 0.192. The molecule has 1 fully saturated rings. The highest BCUT2D eigenvalue weighted by Crippen LogP contribution is 2.22. The second-order valence-corrected chi connectivity index (χ2v) is 6.43. The van der Waals surface area contributed by atoms with Gasteiger partial charge in [-0.05, 0) is 50.5 Å². The Hall–Kier alpha value is -1.98. The number of aliphatic hydroxyl groups excluding tert-OH is 1. The zero-order chi connectivity index (χ0) is 16.9. The Morgan fingerprint density at radius 3 is 2.67 bits per heavy atom. The van der Waals surface area contributed by atoms with Gasteiger partial charge in [-0.3, -0.25) is 14.9 Å². The molecule has 1 N–H and O–H groups in total. The SMILES string of the molecule is Cc1cccnc1CN1CC[C@H](Oc2cccnc2C)[C@@H](O)CC1. The summed E-state index contributed by atoms with van der Waals surface area (Å²) in [7, 11) is 0. The van der Waals surface area contributed by atoms with Crippen molar-refractivity contribution in [3.8, 4) is 5.75 Å². The minimum Gasteiger partial charge on any atom is -0.486 e. The van der Waals surface area contributed by atoms with Crippen LogP contribution in [0.2, 0.25) is 0 Å². The molecule has 0 bridgehead atoms. The highest BCUT2D eigenvalue weighted by Gasteiger charge is 2.27. The number of hydrogen-bond acceptors (Lipinski definition) is 5. The topological polar surface area (TPSA) is 58.5 Å². The highest BCUT2D eigenvalue weighted by atomic mass is 16.5. The zero-order valence-electron chi connectivity index (χ0n) is 14.4. The number of pyridine rings is 2. The molecule has 0 aromatic carbocycles. The van der Waals surface area contributed by atoms with Crippen LogP contribution in [0.15, 0.2) is 36.7 Å². The fraction of sp³-hybridized carbons (Fsp3) is 0.474. The number of nitrogens with zero attached hydrogens (tertiary/aromatic N) is 3. The lowest BCUT2D eigenvalue weighted by atomic mass is 10.1. The van der Waals surface area contributed by atoms with E-state index in [0.717, 1.165) is 43.2 Å². The molecule has 5 heteroatoms. The summed E-state index contributed by atoms with van der Waals surface area (Å²) in [5.74, 6) is 0.760. The predicted molar refractivity (Wildman–Crippen MR) is 92.9 cm³/mol. The summed E-state index contributed by atoms with van der Waals surface area (Å²) >= 11 is 0. The molecule has 24 heavy (non-hydrogen) atoms. The molecule has 5 nitrogen and oxygen atoms in total. The largest absolute Gasteiger partial charge is 0.486 e. The van der Waals surface area contributed by atoms with Gasteiger partial charge in [0.05, 0.1) is 17.5 Å². The van der Waals surface area contributed by atoms with Gasteiger partial charge in [0.25, 0.3) is 0 Å². The van der Waals surface area contributed by atoms with Crippen molar-refractivity contribution in [2.24, 2.45) is 0 Å². The van der Waals surface area contributed by atoms with Gasteiger partial charge in [-0.1, -0.05) is 6.07 Å². The van der Waals surface area contributed by atoms with Crippen LogP contribution in [0.25, 0.3) is 0 Å². The normalized spacial score (nSPS) is 22.1. The molecule has 1 aliphatic heterocycles. The first-order valence-electron chi connectivity index (χ1n) is 8.52. The van der Waals surface area contributed by atoms with Crippen LogP contribution in [0, 0.1) is 13.8 Å². The lowest BCUT2D eigenvalue weighted by Gasteiger charge is -2.22. The third kappa shape index (κ3) is 4.10. The highest BCUT2D eigenvalue weighted by molar-refractivity contribution is 5.25. The molecule has 0 unspecified atom stereocenters. The Bertz CT molecular complexity index is 677. The van der Waals surface area contributed by atoms with Crippen molar-refractivity contribution in [3.63, 3.8) is 0 Å². The molecule has 1 saturated heterocycles. The molecule has 3 heterocycles. The Morgan fingerprint density at radius 1 is 1.12 bits per heavy atom. The van der Waals surface area contributed by atoms with E-state index in [-0.39, 0.29) is 6.10 Å². The fourth-order valence-corrected chi connectivity index (χ4v) is 3.06. The maximum Gasteiger partial charge on any atom is 0.141 e. The number of hydrogen-bond donors (Lipinski definition) is 1. The van der Waals surface area contributed by atoms with Crippen molar-refractivity contribution in [3.05, 3.63) is 53.6 Å². The van der Waals surface area contributed by atoms with Gasteiger partial charge in [0.1, 0.15) is 11.9 Å². The van der Waals surface area contributed by atoms with E-state index in [9.17, 15) is 5.11 Å². The molecule has 1 aliphatic rings. The van der Waals surface area contributed by atoms with Crippen LogP contribution in [-0.2, 0) is 6.54 Å². The summed E-state index contributed by atoms with van der Waals surface area (Å²) in [4.78, 5) is 11.1. The lowest BCUT2D eigenvalue weighted by molar-refractivity contribution is 0.0343. The molecule has 2 atom stereocenters. The van der Waals surface area contributed by atoms with Crippen LogP contribution < -0.4 is 4.74 Å². The van der Waals surface area contributed by atoms with Gasteiger partial charge in [-0.2, -0.15) is 0 Å². The molecule has 0 radical (unpaired) electrons. The van der Waals surface area contributed by atoms with E-state index in [2.05, 4.69) is 27.9 Å². The number of aryl methyl sites for hydroxylation is 2. The van der Waals surface area contributed by atoms with Crippen LogP contribution >= 0.6 is 0 Å². The maximum absolute atomic E-state index is 10.5. The first-order chi connectivity index (χ1) is 11.6. The molecule has 0 saturated carbocycles. The van der Waals surface area contributed by atoms with Crippen molar-refractivity contribution in [2.45, 2.75) is 45.4 Å². The Kier molecular flexibility index (Phi) is 5.43. The maximum atomic E-state index is 10.5. The third-order valence-electron chi connectivity index (χ3n) is 4.63. The van der Waals surface area contributed by atoms with Gasteiger partial charge in [0.2, 0.25) is 0 Å². The van der Waals surface area contributed by atoms with E-state index >= 15 is 0 Å². The van der Waals surface area contributed by atoms with E-state index in [1.807, 2.05) is 31.3 Å². The van der Waals surface area contributed by atoms with Gasteiger partial charge < -0.3 is 9.84 Å². The summed E-state index contributed by atoms with van der Waals surface area (Å²) in [5, 5.41) is 10.5. The lowest BCUT2D eigenvalue weighted by Crippen LogP contribution is -2.31. The molecule has 2 aromatic heterocycles. The standard InChI is InChI=1S/C19H25N3O2/c1-14-5-3-10-21-16(14)13-22-11-7-17(23)19(8-12-22)24-18-6-4-9-20-15(18)2/h3-6,9-10,17,19,23H,7-8,11-13H2,1-2H3/t17-,19-/m0/s1. The Labute approximate surface area is 143 Å². The number of aliphatic hydroxyl groups is 1. The average molecular weight is 327 g/mol. The van der Waals surface area contributed by atoms with Gasteiger partial charge in [-0.25, -0.2) is 0 Å². The molecule has 2 aromatic rings. The average Bonchev–Trinajstić information content (AvgIpc) is 2.75. The zero-order valence-corrected chi connectivity index (χ0v) is 14.4. The molecule has 0 aliphatic carbocycles. The van der Waals surface area contributed by atoms with Gasteiger partial charge in [-0.15, -0.1) is 0 Å². The second kappa shape index (κ2) is 7.73. The van der Waals surface area contributed by atoms with Gasteiger partial charge >= 0.3 is 0 Å². The number of ether oxygens (including phenoxy) is 1. The van der Waals surface area contributed by atoms with Crippen molar-refractivity contribution in [2.75, 3.05) is 13.1 Å².